The van der Waals surface area contributed by atoms with Crippen LogP contribution >= 0.6 is 0 Å². The number of nitrogens with zero attached hydrogens (tertiary/aromatic N) is 6. The van der Waals surface area contributed by atoms with Gasteiger partial charge in [-0.15, -0.1) is 0 Å². The second-order valence-corrected chi connectivity index (χ2v) is 8.13. The topological polar surface area (TPSA) is 82.1 Å². The molecule has 1 unspecified atom stereocenters. The molecule has 0 amide bonds. The molecule has 0 saturated carbocycles. The molecule has 1 aliphatic rings. The normalized spacial score (nSPS) is 15.5. The van der Waals surface area contributed by atoms with Crippen molar-refractivity contribution in [3.05, 3.63) is 79.4 Å². The van der Waals surface area contributed by atoms with Crippen molar-refractivity contribution in [2.45, 2.75) is 19.9 Å². The standard InChI is InChI=1S/C26H21N7.C2H6/c27-13-21-15-28-11-12-32(21)20-7-5-18(6-8-20)19-14-30-26-24(16-31-33(26)17-19)22-9-10-29-25-4-2-1-3-23(22)25;1-2/h1-10,14,16-17,21,28H,11-12,15H2;1-2H3. The fourth-order valence-electron chi connectivity index (χ4n) is 4.52. The number of hydrogen-bond donors (Lipinski definition) is 1. The van der Waals surface area contributed by atoms with Crippen LogP contribution < -0.4 is 10.2 Å². The molecular formula is C28H27N7. The molecule has 1 atom stereocenters. The summed E-state index contributed by atoms with van der Waals surface area (Å²) in [6, 6.07) is 20.7. The van der Waals surface area contributed by atoms with Gasteiger partial charge in [0.25, 0.3) is 0 Å². The average Bonchev–Trinajstić information content (AvgIpc) is 3.37. The molecule has 4 heterocycles. The molecule has 0 bridgehead atoms. The summed E-state index contributed by atoms with van der Waals surface area (Å²) in [5.74, 6) is 0. The van der Waals surface area contributed by atoms with Crippen LogP contribution in [0.4, 0.5) is 5.69 Å². The molecular weight excluding hydrogens is 434 g/mol. The smallest absolute Gasteiger partial charge is 0.162 e. The summed E-state index contributed by atoms with van der Waals surface area (Å²) in [5.41, 5.74) is 6.93. The van der Waals surface area contributed by atoms with Crippen LogP contribution in [-0.4, -0.2) is 45.3 Å². The maximum atomic E-state index is 9.45. The van der Waals surface area contributed by atoms with Gasteiger partial charge in [-0.2, -0.15) is 10.4 Å². The predicted molar refractivity (Wildman–Crippen MR) is 140 cm³/mol. The minimum atomic E-state index is -0.144. The highest BCUT2D eigenvalue weighted by Crippen LogP contribution is 2.31. The average molecular weight is 462 g/mol. The molecule has 1 N–H and O–H groups in total. The lowest BCUT2D eigenvalue weighted by molar-refractivity contribution is 0.535. The number of hydrogen-bond acceptors (Lipinski definition) is 6. The van der Waals surface area contributed by atoms with Crippen LogP contribution in [0.5, 0.6) is 0 Å². The van der Waals surface area contributed by atoms with E-state index >= 15 is 0 Å². The van der Waals surface area contributed by atoms with E-state index in [4.69, 9.17) is 4.98 Å². The first kappa shape index (κ1) is 22.5. The Hall–Kier alpha value is -4.28. The van der Waals surface area contributed by atoms with Gasteiger partial charge in [-0.3, -0.25) is 4.98 Å². The Morgan fingerprint density at radius 3 is 2.60 bits per heavy atom. The Morgan fingerprint density at radius 2 is 1.77 bits per heavy atom. The van der Waals surface area contributed by atoms with Crippen molar-refractivity contribution in [1.82, 2.24) is 24.9 Å². The molecule has 1 fully saturated rings. The minimum absolute atomic E-state index is 0.144. The fourth-order valence-corrected chi connectivity index (χ4v) is 4.52. The number of nitrogens with one attached hydrogen (secondary N) is 1. The number of fused-ring (bicyclic) bond motifs is 2. The number of para-hydroxylation sites is 1. The van der Waals surface area contributed by atoms with E-state index in [0.717, 1.165) is 57.6 Å². The fraction of sp³-hybridized carbons (Fsp3) is 0.214. The van der Waals surface area contributed by atoms with Gasteiger partial charge in [0, 0.05) is 60.4 Å². The molecule has 0 spiro atoms. The summed E-state index contributed by atoms with van der Waals surface area (Å²) in [5, 5.41) is 18.4. The van der Waals surface area contributed by atoms with Crippen molar-refractivity contribution < 1.29 is 0 Å². The van der Waals surface area contributed by atoms with Crippen molar-refractivity contribution in [2.75, 3.05) is 24.5 Å². The minimum Gasteiger partial charge on any atom is -0.353 e. The van der Waals surface area contributed by atoms with E-state index in [1.54, 1.807) is 0 Å². The van der Waals surface area contributed by atoms with Gasteiger partial charge in [-0.05, 0) is 35.4 Å². The third-order valence-corrected chi connectivity index (χ3v) is 6.22. The number of aromatic nitrogens is 4. The molecule has 1 saturated heterocycles. The molecule has 1 aliphatic heterocycles. The summed E-state index contributed by atoms with van der Waals surface area (Å²) in [7, 11) is 0. The van der Waals surface area contributed by atoms with Crippen molar-refractivity contribution in [1.29, 1.82) is 5.26 Å². The Bertz CT molecular complexity index is 1490. The van der Waals surface area contributed by atoms with E-state index in [0.29, 0.717) is 6.54 Å². The van der Waals surface area contributed by atoms with Crippen LogP contribution in [0.2, 0.25) is 0 Å². The highest BCUT2D eigenvalue weighted by Gasteiger charge is 2.22. The van der Waals surface area contributed by atoms with Crippen molar-refractivity contribution in [2.24, 2.45) is 0 Å². The number of benzene rings is 2. The third-order valence-electron chi connectivity index (χ3n) is 6.22. The number of pyridine rings is 1. The zero-order valence-electron chi connectivity index (χ0n) is 19.9. The first-order valence-corrected chi connectivity index (χ1v) is 12.0. The van der Waals surface area contributed by atoms with Crippen LogP contribution in [0.3, 0.4) is 0 Å². The summed E-state index contributed by atoms with van der Waals surface area (Å²) in [4.78, 5) is 11.4. The lowest BCUT2D eigenvalue weighted by Crippen LogP contribution is -2.50. The maximum Gasteiger partial charge on any atom is 0.162 e. The second kappa shape index (κ2) is 9.92. The largest absolute Gasteiger partial charge is 0.353 e. The summed E-state index contributed by atoms with van der Waals surface area (Å²) >= 11 is 0. The van der Waals surface area contributed by atoms with E-state index in [2.05, 4.69) is 56.7 Å². The van der Waals surface area contributed by atoms with E-state index in [9.17, 15) is 5.26 Å². The quantitative estimate of drug-likeness (QED) is 0.410. The molecule has 6 rings (SSSR count). The van der Waals surface area contributed by atoms with Gasteiger partial charge in [-0.25, -0.2) is 9.50 Å². The third kappa shape index (κ3) is 4.20. The van der Waals surface area contributed by atoms with Gasteiger partial charge in [0.2, 0.25) is 0 Å². The van der Waals surface area contributed by atoms with Gasteiger partial charge in [0.05, 0.1) is 17.8 Å². The van der Waals surface area contributed by atoms with Gasteiger partial charge >= 0.3 is 0 Å². The lowest BCUT2D eigenvalue weighted by Gasteiger charge is -2.34. The monoisotopic (exact) mass is 461 g/mol. The first-order chi connectivity index (χ1) is 17.3. The highest BCUT2D eigenvalue weighted by atomic mass is 15.2. The zero-order valence-corrected chi connectivity index (χ0v) is 19.9. The van der Waals surface area contributed by atoms with Gasteiger partial charge in [0.15, 0.2) is 5.65 Å². The Kier molecular flexibility index (Phi) is 6.38. The number of anilines is 1. The summed E-state index contributed by atoms with van der Waals surface area (Å²) in [6.07, 6.45) is 7.59. The van der Waals surface area contributed by atoms with Crippen LogP contribution in [0, 0.1) is 11.3 Å². The summed E-state index contributed by atoms with van der Waals surface area (Å²) in [6.45, 7) is 6.40. The second-order valence-electron chi connectivity index (χ2n) is 8.13. The Balaban J connectivity index is 0.00000124. The molecule has 35 heavy (non-hydrogen) atoms. The van der Waals surface area contributed by atoms with Crippen LogP contribution in [0.25, 0.3) is 38.8 Å². The molecule has 5 aromatic rings. The number of nitriles is 1. The van der Waals surface area contributed by atoms with E-state index in [1.165, 1.54) is 0 Å². The number of rotatable bonds is 3. The Morgan fingerprint density at radius 1 is 0.943 bits per heavy atom. The summed E-state index contributed by atoms with van der Waals surface area (Å²) < 4.78 is 1.83. The molecule has 2 aromatic carbocycles. The van der Waals surface area contributed by atoms with Crippen LogP contribution in [0.1, 0.15) is 13.8 Å². The van der Waals surface area contributed by atoms with Crippen LogP contribution in [-0.2, 0) is 0 Å². The Labute approximate surface area is 204 Å². The van der Waals surface area contributed by atoms with Crippen LogP contribution in [0.15, 0.2) is 79.4 Å². The van der Waals surface area contributed by atoms with Crippen molar-refractivity contribution in [3.63, 3.8) is 0 Å². The number of piperazine rings is 1. The van der Waals surface area contributed by atoms with Crippen molar-refractivity contribution in [3.8, 4) is 28.3 Å². The van der Waals surface area contributed by atoms with E-state index < -0.39 is 0 Å². The van der Waals surface area contributed by atoms with Gasteiger partial charge < -0.3 is 10.2 Å². The highest BCUT2D eigenvalue weighted by molar-refractivity contribution is 5.97. The zero-order chi connectivity index (χ0) is 24.2. The first-order valence-electron chi connectivity index (χ1n) is 12.0. The van der Waals surface area contributed by atoms with Gasteiger partial charge in [-0.1, -0.05) is 44.2 Å². The predicted octanol–water partition coefficient (Wildman–Crippen LogP) is 4.94. The lowest BCUT2D eigenvalue weighted by atomic mass is 10.0. The van der Waals surface area contributed by atoms with Gasteiger partial charge in [0.1, 0.15) is 6.04 Å². The maximum absolute atomic E-state index is 9.45. The molecule has 174 valence electrons. The van der Waals surface area contributed by atoms with E-state index in [-0.39, 0.29) is 6.04 Å². The molecule has 0 aliphatic carbocycles. The molecule has 7 heteroatoms. The molecule has 3 aromatic heterocycles. The van der Waals surface area contributed by atoms with E-state index in [1.807, 2.05) is 67.4 Å². The van der Waals surface area contributed by atoms with Crippen molar-refractivity contribution >= 4 is 22.2 Å². The molecule has 0 radical (unpaired) electrons. The SMILES string of the molecule is CC.N#CC1CNCCN1c1ccc(-c2cnc3c(-c4ccnc5ccccc45)cnn3c2)cc1. The molecule has 7 nitrogen and oxygen atoms in total.